The maximum Gasteiger partial charge on any atom is 0.124 e. The van der Waals surface area contributed by atoms with E-state index in [0.717, 1.165) is 23.2 Å². The van der Waals surface area contributed by atoms with Crippen molar-refractivity contribution < 1.29 is 9.47 Å². The minimum atomic E-state index is 0.160. The Balaban J connectivity index is 1.83. The number of hydrogen-bond acceptors (Lipinski definition) is 3. The SMILES string of the molecule is CCOc1ccc(Br)cc1[C@@H]1Nc2c(C)cc(C)cc2[C@H]2OCC[C@H]21. The Morgan fingerprint density at radius 2 is 2.04 bits per heavy atom. The average molecular weight is 402 g/mol. The molecule has 0 saturated carbocycles. The number of anilines is 1. The molecule has 2 heterocycles. The lowest BCUT2D eigenvalue weighted by Crippen LogP contribution is -2.30. The predicted octanol–water partition coefficient (Wildman–Crippen LogP) is 5.71. The van der Waals surface area contributed by atoms with Crippen LogP contribution in [0.5, 0.6) is 5.75 Å². The molecule has 2 aliphatic heterocycles. The molecule has 0 radical (unpaired) electrons. The smallest absolute Gasteiger partial charge is 0.124 e. The highest BCUT2D eigenvalue weighted by molar-refractivity contribution is 9.10. The molecule has 2 aromatic carbocycles. The average Bonchev–Trinajstić information content (AvgIpc) is 3.06. The van der Waals surface area contributed by atoms with Crippen molar-refractivity contribution in [3.8, 4) is 5.75 Å². The summed E-state index contributed by atoms with van der Waals surface area (Å²) in [7, 11) is 0. The van der Waals surface area contributed by atoms with Gasteiger partial charge in [0.2, 0.25) is 0 Å². The molecule has 0 aromatic heterocycles. The van der Waals surface area contributed by atoms with E-state index in [1.54, 1.807) is 0 Å². The summed E-state index contributed by atoms with van der Waals surface area (Å²) in [5.74, 6) is 1.38. The fraction of sp³-hybridized carbons (Fsp3) is 0.429. The van der Waals surface area contributed by atoms with Crippen LogP contribution >= 0.6 is 15.9 Å². The third-order valence-electron chi connectivity index (χ3n) is 5.29. The Bertz CT molecular complexity index is 805. The van der Waals surface area contributed by atoms with Gasteiger partial charge >= 0.3 is 0 Å². The van der Waals surface area contributed by atoms with Crippen LogP contribution < -0.4 is 10.1 Å². The standard InChI is InChI=1S/C21H24BrNO2/c1-4-24-18-6-5-14(22)11-16(18)20-15-7-8-25-21(15)17-10-12(2)9-13(3)19(17)23-20/h5-6,9-11,15,20-21,23H,4,7-8H2,1-3H3/t15-,20+,21-/m0/s1. The van der Waals surface area contributed by atoms with Gasteiger partial charge in [-0.3, -0.25) is 0 Å². The number of benzene rings is 2. The molecule has 1 saturated heterocycles. The monoisotopic (exact) mass is 401 g/mol. The van der Waals surface area contributed by atoms with Crippen LogP contribution in [0.1, 0.15) is 47.7 Å². The van der Waals surface area contributed by atoms with E-state index in [4.69, 9.17) is 9.47 Å². The summed E-state index contributed by atoms with van der Waals surface area (Å²) < 4.78 is 13.2. The van der Waals surface area contributed by atoms with Gasteiger partial charge in [-0.1, -0.05) is 33.6 Å². The quantitative estimate of drug-likeness (QED) is 0.714. The molecule has 132 valence electrons. The predicted molar refractivity (Wildman–Crippen MR) is 104 cm³/mol. The molecule has 4 heteroatoms. The molecule has 0 aliphatic carbocycles. The van der Waals surface area contributed by atoms with Gasteiger partial charge < -0.3 is 14.8 Å². The van der Waals surface area contributed by atoms with E-state index in [1.807, 2.05) is 13.0 Å². The van der Waals surface area contributed by atoms with Gasteiger partial charge in [-0.05, 0) is 51.0 Å². The number of ether oxygens (including phenoxy) is 2. The van der Waals surface area contributed by atoms with Crippen LogP contribution in [0.2, 0.25) is 0 Å². The fourth-order valence-corrected chi connectivity index (χ4v) is 4.69. The molecule has 1 N–H and O–H groups in total. The Labute approximate surface area is 157 Å². The van der Waals surface area contributed by atoms with Crippen LogP contribution in [0.3, 0.4) is 0 Å². The Morgan fingerprint density at radius 3 is 2.84 bits per heavy atom. The molecule has 0 spiro atoms. The molecule has 0 unspecified atom stereocenters. The van der Waals surface area contributed by atoms with E-state index in [1.165, 1.54) is 27.9 Å². The van der Waals surface area contributed by atoms with Crippen LogP contribution in [0.25, 0.3) is 0 Å². The first-order valence-electron chi connectivity index (χ1n) is 9.00. The van der Waals surface area contributed by atoms with Crippen LogP contribution in [-0.2, 0) is 4.74 Å². The van der Waals surface area contributed by atoms with E-state index in [-0.39, 0.29) is 12.1 Å². The summed E-state index contributed by atoms with van der Waals surface area (Å²) in [6.45, 7) is 7.85. The summed E-state index contributed by atoms with van der Waals surface area (Å²) in [5, 5.41) is 3.83. The van der Waals surface area contributed by atoms with Crippen molar-refractivity contribution in [2.75, 3.05) is 18.5 Å². The summed E-state index contributed by atoms with van der Waals surface area (Å²) in [6, 6.07) is 11.0. The lowest BCUT2D eigenvalue weighted by molar-refractivity contribution is 0.0825. The second kappa shape index (κ2) is 6.65. The van der Waals surface area contributed by atoms with Crippen LogP contribution in [0, 0.1) is 19.8 Å². The van der Waals surface area contributed by atoms with Gasteiger partial charge in [0.25, 0.3) is 0 Å². The van der Waals surface area contributed by atoms with E-state index in [2.05, 4.69) is 59.4 Å². The van der Waals surface area contributed by atoms with Crippen molar-refractivity contribution in [3.63, 3.8) is 0 Å². The second-order valence-electron chi connectivity index (χ2n) is 7.03. The van der Waals surface area contributed by atoms with Gasteiger partial charge in [-0.2, -0.15) is 0 Å². The van der Waals surface area contributed by atoms with E-state index >= 15 is 0 Å². The van der Waals surface area contributed by atoms with Gasteiger partial charge in [0.05, 0.1) is 18.8 Å². The van der Waals surface area contributed by atoms with E-state index in [9.17, 15) is 0 Å². The minimum absolute atomic E-state index is 0.160. The summed E-state index contributed by atoms with van der Waals surface area (Å²) >= 11 is 3.63. The van der Waals surface area contributed by atoms with Crippen LogP contribution in [-0.4, -0.2) is 13.2 Å². The van der Waals surface area contributed by atoms with Crippen molar-refractivity contribution in [2.45, 2.75) is 39.3 Å². The normalized spacial score (nSPS) is 24.4. The fourth-order valence-electron chi connectivity index (χ4n) is 4.31. The van der Waals surface area contributed by atoms with Crippen molar-refractivity contribution >= 4 is 21.6 Å². The van der Waals surface area contributed by atoms with Crippen molar-refractivity contribution in [1.82, 2.24) is 0 Å². The maximum atomic E-state index is 6.18. The second-order valence-corrected chi connectivity index (χ2v) is 7.94. The summed E-state index contributed by atoms with van der Waals surface area (Å²) in [4.78, 5) is 0. The Hall–Kier alpha value is -1.52. The number of aryl methyl sites for hydroxylation is 2. The van der Waals surface area contributed by atoms with Gasteiger partial charge in [-0.15, -0.1) is 0 Å². The molecule has 2 aliphatic rings. The zero-order chi connectivity index (χ0) is 17.6. The largest absolute Gasteiger partial charge is 0.494 e. The van der Waals surface area contributed by atoms with Crippen molar-refractivity contribution in [1.29, 1.82) is 0 Å². The van der Waals surface area contributed by atoms with Gasteiger partial charge in [0.1, 0.15) is 5.75 Å². The Kier molecular flexibility index (Phi) is 4.50. The molecular formula is C21H24BrNO2. The lowest BCUT2D eigenvalue weighted by Gasteiger charge is -2.38. The molecule has 4 rings (SSSR count). The number of rotatable bonds is 3. The molecule has 1 fully saturated rings. The molecule has 3 atom stereocenters. The van der Waals surface area contributed by atoms with E-state index < -0.39 is 0 Å². The first kappa shape index (κ1) is 16.9. The first-order valence-corrected chi connectivity index (χ1v) is 9.79. The summed E-state index contributed by atoms with van der Waals surface area (Å²) in [5.41, 5.74) is 6.32. The lowest BCUT2D eigenvalue weighted by atomic mass is 9.79. The van der Waals surface area contributed by atoms with Crippen LogP contribution in [0.4, 0.5) is 5.69 Å². The number of hydrogen-bond donors (Lipinski definition) is 1. The highest BCUT2D eigenvalue weighted by Gasteiger charge is 2.42. The molecule has 25 heavy (non-hydrogen) atoms. The van der Waals surface area contributed by atoms with Crippen molar-refractivity contribution in [2.24, 2.45) is 5.92 Å². The van der Waals surface area contributed by atoms with Crippen molar-refractivity contribution in [3.05, 3.63) is 57.1 Å². The topological polar surface area (TPSA) is 30.5 Å². The first-order chi connectivity index (χ1) is 12.1. The maximum absolute atomic E-state index is 6.18. The van der Waals surface area contributed by atoms with Gasteiger partial charge in [-0.25, -0.2) is 0 Å². The third kappa shape index (κ3) is 2.96. The Morgan fingerprint density at radius 1 is 1.20 bits per heavy atom. The van der Waals surface area contributed by atoms with Gasteiger partial charge in [0.15, 0.2) is 0 Å². The number of nitrogens with one attached hydrogen (secondary N) is 1. The zero-order valence-corrected chi connectivity index (χ0v) is 16.5. The zero-order valence-electron chi connectivity index (χ0n) is 14.9. The van der Waals surface area contributed by atoms with E-state index in [0.29, 0.717) is 12.5 Å². The van der Waals surface area contributed by atoms with Crippen LogP contribution in [0.15, 0.2) is 34.8 Å². The molecule has 0 bridgehead atoms. The third-order valence-corrected chi connectivity index (χ3v) is 5.78. The molecule has 0 amide bonds. The molecule has 3 nitrogen and oxygen atoms in total. The van der Waals surface area contributed by atoms with Gasteiger partial charge in [0, 0.05) is 33.8 Å². The summed E-state index contributed by atoms with van der Waals surface area (Å²) in [6.07, 6.45) is 1.22. The minimum Gasteiger partial charge on any atom is -0.494 e. The highest BCUT2D eigenvalue weighted by Crippen LogP contribution is 2.52. The number of fused-ring (bicyclic) bond motifs is 3. The highest BCUT2D eigenvalue weighted by atomic mass is 79.9. The number of halogens is 1. The molecule has 2 aromatic rings. The molecular weight excluding hydrogens is 378 g/mol.